The molecule has 1 aromatic heterocycles. The Balaban J connectivity index is 2.75. The number of nitrogens with zero attached hydrogens (tertiary/aromatic N) is 2. The number of rotatable bonds is 6. The summed E-state index contributed by atoms with van der Waals surface area (Å²) in [5.41, 5.74) is -0.00459. The zero-order valence-corrected chi connectivity index (χ0v) is 13.5. The summed E-state index contributed by atoms with van der Waals surface area (Å²) in [6, 6.07) is 5.10. The van der Waals surface area contributed by atoms with Crippen LogP contribution in [-0.4, -0.2) is 33.1 Å². The quantitative estimate of drug-likeness (QED) is 0.783. The van der Waals surface area contributed by atoms with Crippen molar-refractivity contribution in [1.29, 1.82) is 0 Å². The molecule has 0 aliphatic carbocycles. The first kappa shape index (κ1) is 17.7. The molecule has 0 spiro atoms. The third-order valence-electron chi connectivity index (χ3n) is 3.38. The predicted octanol–water partition coefficient (Wildman–Crippen LogP) is 2.40. The fraction of sp³-hybridized carbons (Fsp3) is 0.0556. The fourth-order valence-electron chi connectivity index (χ4n) is 2.20. The molecule has 128 valence electrons. The lowest BCUT2D eigenvalue weighted by Crippen LogP contribution is -2.21. The molecule has 0 amide bonds. The van der Waals surface area contributed by atoms with Gasteiger partial charge in [-0.15, -0.1) is 0 Å². The molecule has 2 rings (SSSR count). The Kier molecular flexibility index (Phi) is 5.18. The van der Waals surface area contributed by atoms with E-state index in [0.29, 0.717) is 11.4 Å². The monoisotopic (exact) mass is 340 g/mol. The molecule has 7 heteroatoms. The normalized spacial score (nSPS) is 11.0. The molecular formula is C18H16N2O5. The van der Waals surface area contributed by atoms with E-state index in [0.717, 1.165) is 22.0 Å². The molecule has 0 aliphatic heterocycles. The number of allylic oxidation sites excluding steroid dienone is 4. The Morgan fingerprint density at radius 3 is 2.64 bits per heavy atom. The van der Waals surface area contributed by atoms with Crippen molar-refractivity contribution in [1.82, 2.24) is 9.78 Å². The van der Waals surface area contributed by atoms with Gasteiger partial charge in [-0.05, 0) is 23.3 Å². The van der Waals surface area contributed by atoms with Crippen LogP contribution in [-0.2, 0) is 0 Å². The van der Waals surface area contributed by atoms with Gasteiger partial charge in [0.15, 0.2) is 5.75 Å². The maximum atomic E-state index is 11.7. The first-order chi connectivity index (χ1) is 11.9. The number of ether oxygens (including phenoxy) is 1. The number of methoxy groups -OCH3 is 1. The topological polar surface area (TPSA) is 102 Å². The Morgan fingerprint density at radius 2 is 2.08 bits per heavy atom. The van der Waals surface area contributed by atoms with Gasteiger partial charge in [0, 0.05) is 0 Å². The maximum Gasteiger partial charge on any atom is 0.360 e. The van der Waals surface area contributed by atoms with E-state index in [-0.39, 0.29) is 0 Å². The van der Waals surface area contributed by atoms with Gasteiger partial charge in [-0.1, -0.05) is 37.5 Å². The second-order valence-electron chi connectivity index (χ2n) is 4.89. The number of aromatic nitrogens is 2. The van der Waals surface area contributed by atoms with Crippen molar-refractivity contribution in [3.8, 4) is 17.2 Å². The number of carboxylic acid groups (broad SMARTS) is 1. The number of carboxylic acids is 1. The van der Waals surface area contributed by atoms with Crippen LogP contribution in [0.15, 0.2) is 60.6 Å². The second-order valence-corrected chi connectivity index (χ2v) is 4.89. The number of hydrogen-bond donors (Lipinski definition) is 2. The molecule has 25 heavy (non-hydrogen) atoms. The largest absolute Gasteiger partial charge is 0.503 e. The van der Waals surface area contributed by atoms with Crippen molar-refractivity contribution in [2.75, 3.05) is 7.11 Å². The van der Waals surface area contributed by atoms with Crippen LogP contribution in [0.2, 0.25) is 0 Å². The lowest BCUT2D eigenvalue weighted by molar-refractivity contribution is 0.0686. The van der Waals surface area contributed by atoms with Gasteiger partial charge in [0.05, 0.1) is 13.3 Å². The predicted molar refractivity (Wildman–Crippen MR) is 93.4 cm³/mol. The molecule has 7 nitrogen and oxygen atoms in total. The van der Waals surface area contributed by atoms with Gasteiger partial charge in [0.1, 0.15) is 11.4 Å². The Hall–Kier alpha value is -3.61. The maximum absolute atomic E-state index is 11.7. The summed E-state index contributed by atoms with van der Waals surface area (Å²) in [6.45, 7) is 7.38. The molecule has 2 N–H and O–H groups in total. The zero-order chi connectivity index (χ0) is 18.6. The molecule has 1 aromatic carbocycles. The van der Waals surface area contributed by atoms with Crippen LogP contribution in [0.4, 0.5) is 0 Å². The molecule has 0 atom stereocenters. The SMILES string of the molecule is C=C/C=C(\C=C)c1ccc(OC)c(-n2cc(O)c(=O)c(C(=O)O)n2)c1. The number of aromatic hydroxyl groups is 1. The standard InChI is InChI=1S/C18H16N2O5/c1-4-6-11(5-2)12-7-8-15(25-3)13(9-12)20-10-14(21)17(22)16(19-20)18(23)24/h4-10,21H,1-2H2,3H3,(H,23,24)/b11-6+. The molecule has 0 saturated carbocycles. The van der Waals surface area contributed by atoms with Gasteiger partial charge in [-0.2, -0.15) is 5.10 Å². The Labute approximate surface area is 143 Å². The van der Waals surface area contributed by atoms with E-state index in [9.17, 15) is 14.7 Å². The molecule has 0 radical (unpaired) electrons. The van der Waals surface area contributed by atoms with Crippen molar-refractivity contribution in [2.45, 2.75) is 0 Å². The highest BCUT2D eigenvalue weighted by Gasteiger charge is 2.18. The molecule has 0 fully saturated rings. The first-order valence-electron chi connectivity index (χ1n) is 7.13. The third kappa shape index (κ3) is 3.50. The van der Waals surface area contributed by atoms with Crippen LogP contribution in [0.25, 0.3) is 11.3 Å². The molecular weight excluding hydrogens is 324 g/mol. The molecule has 1 heterocycles. The van der Waals surface area contributed by atoms with Crippen molar-refractivity contribution in [3.63, 3.8) is 0 Å². The van der Waals surface area contributed by atoms with E-state index >= 15 is 0 Å². The minimum absolute atomic E-state index is 0.342. The van der Waals surface area contributed by atoms with Crippen molar-refractivity contribution < 1.29 is 19.7 Å². The highest BCUT2D eigenvalue weighted by Crippen LogP contribution is 2.27. The summed E-state index contributed by atoms with van der Waals surface area (Å²) < 4.78 is 6.35. The van der Waals surface area contributed by atoms with E-state index in [1.807, 2.05) is 0 Å². The smallest absolute Gasteiger partial charge is 0.360 e. The summed E-state index contributed by atoms with van der Waals surface area (Å²) in [5.74, 6) is -1.90. The Morgan fingerprint density at radius 1 is 1.36 bits per heavy atom. The highest BCUT2D eigenvalue weighted by atomic mass is 16.5. The second kappa shape index (κ2) is 7.31. The van der Waals surface area contributed by atoms with Gasteiger partial charge in [-0.25, -0.2) is 9.48 Å². The molecule has 0 saturated heterocycles. The lowest BCUT2D eigenvalue weighted by atomic mass is 10.0. The zero-order valence-electron chi connectivity index (χ0n) is 13.5. The molecule has 2 aromatic rings. The average molecular weight is 340 g/mol. The van der Waals surface area contributed by atoms with Crippen molar-refractivity contribution >= 4 is 11.5 Å². The summed E-state index contributed by atoms with van der Waals surface area (Å²) >= 11 is 0. The number of carbonyl (C=O) groups is 1. The molecule has 0 bridgehead atoms. The lowest BCUT2D eigenvalue weighted by Gasteiger charge is -2.13. The van der Waals surface area contributed by atoms with Crippen LogP contribution >= 0.6 is 0 Å². The van der Waals surface area contributed by atoms with Gasteiger partial charge in [0.25, 0.3) is 5.43 Å². The third-order valence-corrected chi connectivity index (χ3v) is 3.38. The van der Waals surface area contributed by atoms with Crippen LogP contribution in [0, 0.1) is 0 Å². The van der Waals surface area contributed by atoms with Crippen molar-refractivity contribution in [3.05, 3.63) is 77.3 Å². The van der Waals surface area contributed by atoms with E-state index in [2.05, 4.69) is 18.3 Å². The van der Waals surface area contributed by atoms with E-state index in [1.54, 1.807) is 36.4 Å². The summed E-state index contributed by atoms with van der Waals surface area (Å²) in [4.78, 5) is 22.9. The summed E-state index contributed by atoms with van der Waals surface area (Å²) in [5, 5.41) is 22.6. The minimum Gasteiger partial charge on any atom is -0.503 e. The van der Waals surface area contributed by atoms with Gasteiger partial charge in [-0.3, -0.25) is 4.79 Å². The van der Waals surface area contributed by atoms with Gasteiger partial charge in [0.2, 0.25) is 5.69 Å². The fourth-order valence-corrected chi connectivity index (χ4v) is 2.20. The van der Waals surface area contributed by atoms with Gasteiger partial charge < -0.3 is 14.9 Å². The van der Waals surface area contributed by atoms with E-state index in [1.165, 1.54) is 7.11 Å². The number of benzene rings is 1. The molecule has 0 aliphatic rings. The summed E-state index contributed by atoms with van der Waals surface area (Å²) in [6.07, 6.45) is 6.01. The van der Waals surface area contributed by atoms with Crippen LogP contribution in [0.3, 0.4) is 0 Å². The van der Waals surface area contributed by atoms with E-state index < -0.39 is 22.8 Å². The number of aromatic carboxylic acids is 1. The Bertz CT molecular complexity index is 941. The van der Waals surface area contributed by atoms with Gasteiger partial charge >= 0.3 is 5.97 Å². The van der Waals surface area contributed by atoms with Crippen LogP contribution < -0.4 is 10.2 Å². The minimum atomic E-state index is -1.54. The van der Waals surface area contributed by atoms with Crippen LogP contribution in [0.1, 0.15) is 16.1 Å². The summed E-state index contributed by atoms with van der Waals surface area (Å²) in [7, 11) is 1.44. The number of hydrogen-bond acceptors (Lipinski definition) is 5. The first-order valence-corrected chi connectivity index (χ1v) is 7.13. The van der Waals surface area contributed by atoms with Crippen LogP contribution in [0.5, 0.6) is 11.5 Å². The highest BCUT2D eigenvalue weighted by molar-refractivity contribution is 5.85. The average Bonchev–Trinajstić information content (AvgIpc) is 2.61. The molecule has 0 unspecified atom stereocenters. The van der Waals surface area contributed by atoms with Crippen molar-refractivity contribution in [2.24, 2.45) is 0 Å². The van der Waals surface area contributed by atoms with E-state index in [4.69, 9.17) is 9.84 Å².